The summed E-state index contributed by atoms with van der Waals surface area (Å²) < 4.78 is 15.5. The third-order valence-corrected chi connectivity index (χ3v) is 4.93. The van der Waals surface area contributed by atoms with Crippen molar-refractivity contribution in [2.24, 2.45) is 0 Å². The molecule has 1 aromatic rings. The summed E-state index contributed by atoms with van der Waals surface area (Å²) in [6, 6.07) is 4.75. The molecule has 6 heteroatoms. The lowest BCUT2D eigenvalue weighted by molar-refractivity contribution is -0.142. The first-order chi connectivity index (χ1) is 15.1. The van der Waals surface area contributed by atoms with Crippen LogP contribution in [-0.2, 0) is 14.3 Å². The minimum atomic E-state index is -0.446. The zero-order valence-electron chi connectivity index (χ0n) is 18.8. The first-order valence-corrected chi connectivity index (χ1v) is 11.6. The fourth-order valence-electron chi connectivity index (χ4n) is 2.95. The molecule has 0 atom stereocenters. The Labute approximate surface area is 191 Å². The van der Waals surface area contributed by atoms with E-state index in [4.69, 9.17) is 25.8 Å². The highest BCUT2D eigenvalue weighted by Gasteiger charge is 2.12. The molecule has 0 bridgehead atoms. The Bertz CT molecular complexity index is 720. The van der Waals surface area contributed by atoms with Gasteiger partial charge in [-0.15, -0.1) is 0 Å². The predicted octanol–water partition coefficient (Wildman–Crippen LogP) is 6.50. The van der Waals surface area contributed by atoms with E-state index in [0.29, 0.717) is 22.9 Å². The average molecular weight is 451 g/mol. The summed E-state index contributed by atoms with van der Waals surface area (Å²) in [6.45, 7) is 2.33. The number of carbonyl (C=O) groups excluding carboxylic acids is 2. The number of halogens is 1. The first kappa shape index (κ1) is 26.8. The number of rotatable bonds is 15. The fourth-order valence-corrected chi connectivity index (χ4v) is 3.11. The standard InChI is InChI=1S/C25H35ClO5/c1-3-4-5-6-7-8-9-10-11-12-13-19-30-24(27)15-14-16-25(28)31-22-18-17-21(26)20-23(22)29-2/h17-18,20H,3-11,14-16,19H2,1-2H3. The van der Waals surface area contributed by atoms with Crippen molar-refractivity contribution in [2.45, 2.75) is 84.0 Å². The van der Waals surface area contributed by atoms with E-state index in [1.54, 1.807) is 18.2 Å². The molecular weight excluding hydrogens is 416 g/mol. The van der Waals surface area contributed by atoms with Crippen molar-refractivity contribution < 1.29 is 23.8 Å². The Morgan fingerprint density at radius 3 is 2.26 bits per heavy atom. The zero-order valence-corrected chi connectivity index (χ0v) is 19.6. The molecule has 5 nitrogen and oxygen atoms in total. The third-order valence-electron chi connectivity index (χ3n) is 4.70. The van der Waals surface area contributed by atoms with Crippen molar-refractivity contribution >= 4 is 23.5 Å². The summed E-state index contributed by atoms with van der Waals surface area (Å²) in [5.74, 6) is 5.79. The van der Waals surface area contributed by atoms with Crippen LogP contribution in [0, 0.1) is 11.8 Å². The summed E-state index contributed by atoms with van der Waals surface area (Å²) in [6.07, 6.45) is 11.6. The summed E-state index contributed by atoms with van der Waals surface area (Å²) in [5, 5.41) is 0.486. The van der Waals surface area contributed by atoms with Gasteiger partial charge in [-0.05, 0) is 25.0 Å². The normalized spacial score (nSPS) is 10.2. The second kappa shape index (κ2) is 17.5. The maximum Gasteiger partial charge on any atom is 0.311 e. The lowest BCUT2D eigenvalue weighted by Crippen LogP contribution is -2.10. The highest BCUT2D eigenvalue weighted by molar-refractivity contribution is 6.30. The molecule has 0 N–H and O–H groups in total. The van der Waals surface area contributed by atoms with Gasteiger partial charge in [0.05, 0.1) is 7.11 Å². The second-order valence-corrected chi connectivity index (χ2v) is 7.80. The smallest absolute Gasteiger partial charge is 0.311 e. The van der Waals surface area contributed by atoms with Gasteiger partial charge < -0.3 is 14.2 Å². The van der Waals surface area contributed by atoms with Gasteiger partial charge in [0.25, 0.3) is 0 Å². The number of methoxy groups -OCH3 is 1. The van der Waals surface area contributed by atoms with Gasteiger partial charge in [0.2, 0.25) is 0 Å². The zero-order chi connectivity index (χ0) is 22.7. The van der Waals surface area contributed by atoms with Crippen LogP contribution in [0.2, 0.25) is 5.02 Å². The molecule has 0 aliphatic heterocycles. The van der Waals surface area contributed by atoms with Crippen LogP contribution in [0.15, 0.2) is 18.2 Å². The van der Waals surface area contributed by atoms with Gasteiger partial charge in [0, 0.05) is 30.4 Å². The first-order valence-electron chi connectivity index (χ1n) is 11.2. The summed E-state index contributed by atoms with van der Waals surface area (Å²) >= 11 is 5.88. The molecular formula is C25H35ClO5. The van der Waals surface area contributed by atoms with Gasteiger partial charge >= 0.3 is 11.9 Å². The van der Waals surface area contributed by atoms with Gasteiger partial charge in [-0.25, -0.2) is 0 Å². The van der Waals surface area contributed by atoms with E-state index in [0.717, 1.165) is 12.8 Å². The molecule has 0 radical (unpaired) electrons. The number of benzene rings is 1. The molecule has 0 heterocycles. The maximum absolute atomic E-state index is 11.9. The molecule has 0 amide bonds. The quantitative estimate of drug-likeness (QED) is 0.132. The Kier molecular flexibility index (Phi) is 15.1. The van der Waals surface area contributed by atoms with E-state index in [9.17, 15) is 9.59 Å². The van der Waals surface area contributed by atoms with E-state index in [1.165, 1.54) is 52.1 Å². The van der Waals surface area contributed by atoms with Crippen LogP contribution in [0.4, 0.5) is 0 Å². The van der Waals surface area contributed by atoms with Crippen molar-refractivity contribution in [3.63, 3.8) is 0 Å². The van der Waals surface area contributed by atoms with Crippen LogP contribution >= 0.6 is 11.6 Å². The van der Waals surface area contributed by atoms with Gasteiger partial charge in [0.1, 0.15) is 0 Å². The SMILES string of the molecule is CCCCCCCCCCC#CCOC(=O)CCCC(=O)Oc1ccc(Cl)cc1OC. The summed E-state index contributed by atoms with van der Waals surface area (Å²) in [7, 11) is 1.47. The predicted molar refractivity (Wildman–Crippen MR) is 123 cm³/mol. The van der Waals surface area contributed by atoms with Crippen LogP contribution in [-0.4, -0.2) is 25.7 Å². The largest absolute Gasteiger partial charge is 0.493 e. The Morgan fingerprint density at radius 1 is 0.871 bits per heavy atom. The Balaban J connectivity index is 2.06. The van der Waals surface area contributed by atoms with Crippen molar-refractivity contribution in [3.8, 4) is 23.3 Å². The minimum Gasteiger partial charge on any atom is -0.493 e. The van der Waals surface area contributed by atoms with Crippen LogP contribution in [0.25, 0.3) is 0 Å². The van der Waals surface area contributed by atoms with E-state index >= 15 is 0 Å². The molecule has 0 fully saturated rings. The number of ether oxygens (including phenoxy) is 3. The molecule has 0 aliphatic rings. The lowest BCUT2D eigenvalue weighted by Gasteiger charge is -2.09. The average Bonchev–Trinajstić information content (AvgIpc) is 2.75. The van der Waals surface area contributed by atoms with Gasteiger partial charge in [-0.3, -0.25) is 9.59 Å². The number of esters is 2. The molecule has 1 aromatic carbocycles. The van der Waals surface area contributed by atoms with Crippen LogP contribution < -0.4 is 9.47 Å². The van der Waals surface area contributed by atoms with E-state index < -0.39 is 5.97 Å². The molecule has 0 saturated carbocycles. The van der Waals surface area contributed by atoms with Gasteiger partial charge in [0.15, 0.2) is 18.1 Å². The highest BCUT2D eigenvalue weighted by Crippen LogP contribution is 2.30. The molecule has 1 rings (SSSR count). The summed E-state index contributed by atoms with van der Waals surface area (Å²) in [4.78, 5) is 23.7. The van der Waals surface area contributed by atoms with E-state index in [1.807, 2.05) is 0 Å². The molecule has 0 aromatic heterocycles. The molecule has 0 spiro atoms. The van der Waals surface area contributed by atoms with Crippen LogP contribution in [0.5, 0.6) is 11.5 Å². The van der Waals surface area contributed by atoms with Gasteiger partial charge in [-0.1, -0.05) is 75.3 Å². The van der Waals surface area contributed by atoms with E-state index in [2.05, 4.69) is 18.8 Å². The second-order valence-electron chi connectivity index (χ2n) is 7.36. The molecule has 31 heavy (non-hydrogen) atoms. The van der Waals surface area contributed by atoms with Crippen LogP contribution in [0.1, 0.15) is 84.0 Å². The maximum atomic E-state index is 11.9. The van der Waals surface area contributed by atoms with Gasteiger partial charge in [-0.2, -0.15) is 0 Å². The van der Waals surface area contributed by atoms with Crippen LogP contribution in [0.3, 0.4) is 0 Å². The topological polar surface area (TPSA) is 61.8 Å². The molecule has 172 valence electrons. The number of hydrogen-bond acceptors (Lipinski definition) is 5. The van der Waals surface area contributed by atoms with Crippen molar-refractivity contribution in [1.29, 1.82) is 0 Å². The highest BCUT2D eigenvalue weighted by atomic mass is 35.5. The number of hydrogen-bond donors (Lipinski definition) is 0. The minimum absolute atomic E-state index is 0.0995. The number of unbranched alkanes of at least 4 members (excludes halogenated alkanes) is 8. The number of carbonyl (C=O) groups is 2. The lowest BCUT2D eigenvalue weighted by atomic mass is 10.1. The molecule has 0 unspecified atom stereocenters. The Morgan fingerprint density at radius 2 is 1.55 bits per heavy atom. The molecule has 0 aliphatic carbocycles. The molecule has 0 saturated heterocycles. The van der Waals surface area contributed by atoms with Crippen molar-refractivity contribution in [3.05, 3.63) is 23.2 Å². The monoisotopic (exact) mass is 450 g/mol. The van der Waals surface area contributed by atoms with E-state index in [-0.39, 0.29) is 25.4 Å². The van der Waals surface area contributed by atoms with Crippen molar-refractivity contribution in [2.75, 3.05) is 13.7 Å². The van der Waals surface area contributed by atoms with Crippen molar-refractivity contribution in [1.82, 2.24) is 0 Å². The Hall–Kier alpha value is -2.19. The third kappa shape index (κ3) is 13.7. The fraction of sp³-hybridized carbons (Fsp3) is 0.600. The summed E-state index contributed by atoms with van der Waals surface area (Å²) in [5.41, 5.74) is 0.